The number of urea groups is 1. The van der Waals surface area contributed by atoms with Gasteiger partial charge >= 0.3 is 6.03 Å². The molecule has 0 bridgehead atoms. The minimum Gasteiger partial charge on any atom is -0.496 e. The number of carbonyl (C=O) groups excluding carboxylic acids is 3. The van der Waals surface area contributed by atoms with Gasteiger partial charge in [-0.05, 0) is 63.8 Å². The van der Waals surface area contributed by atoms with E-state index in [9.17, 15) is 14.4 Å². The van der Waals surface area contributed by atoms with Crippen LogP contribution in [0.15, 0.2) is 54.6 Å². The van der Waals surface area contributed by atoms with Crippen LogP contribution in [0.25, 0.3) is 0 Å². The van der Waals surface area contributed by atoms with Crippen molar-refractivity contribution in [2.45, 2.75) is 51.1 Å². The van der Waals surface area contributed by atoms with Gasteiger partial charge in [0, 0.05) is 30.9 Å². The minimum atomic E-state index is -0.780. The highest BCUT2D eigenvalue weighted by Crippen LogP contribution is 2.39. The molecule has 38 heavy (non-hydrogen) atoms. The number of para-hydroxylation sites is 2. The number of nitrogens with one attached hydrogen (secondary N) is 2. The van der Waals surface area contributed by atoms with Gasteiger partial charge in [-0.15, -0.1) is 0 Å². The normalized spacial score (nSPS) is 17.1. The molecular weight excluding hydrogens is 482 g/mol. The zero-order valence-corrected chi connectivity index (χ0v) is 22.8. The van der Waals surface area contributed by atoms with Gasteiger partial charge in [-0.2, -0.15) is 0 Å². The van der Waals surface area contributed by atoms with Crippen LogP contribution in [0, 0.1) is 0 Å². The van der Waals surface area contributed by atoms with E-state index < -0.39 is 5.54 Å². The second-order valence-corrected chi connectivity index (χ2v) is 11.0. The summed E-state index contributed by atoms with van der Waals surface area (Å²) in [6.45, 7) is 7.56. The van der Waals surface area contributed by atoms with E-state index in [1.165, 1.54) is 0 Å². The summed E-state index contributed by atoms with van der Waals surface area (Å²) in [4.78, 5) is 45.0. The molecule has 0 radical (unpaired) electrons. The van der Waals surface area contributed by atoms with Crippen molar-refractivity contribution in [2.75, 3.05) is 44.9 Å². The molecule has 0 saturated carbocycles. The van der Waals surface area contributed by atoms with Crippen LogP contribution in [-0.2, 0) is 16.0 Å². The molecule has 2 aromatic carbocycles. The smallest absolute Gasteiger partial charge is 0.317 e. The summed E-state index contributed by atoms with van der Waals surface area (Å²) in [5.74, 6) is 0.539. The third-order valence-electron chi connectivity index (χ3n) is 7.19. The molecule has 2 fully saturated rings. The average molecular weight is 522 g/mol. The Morgan fingerprint density at radius 3 is 2.32 bits per heavy atom. The summed E-state index contributed by atoms with van der Waals surface area (Å²) in [5, 5.41) is 5.96. The van der Waals surface area contributed by atoms with Gasteiger partial charge in [0.15, 0.2) is 0 Å². The molecule has 9 nitrogen and oxygen atoms in total. The summed E-state index contributed by atoms with van der Waals surface area (Å²) in [6.07, 6.45) is 1.64. The number of amides is 4. The van der Waals surface area contributed by atoms with Crippen molar-refractivity contribution in [3.63, 3.8) is 0 Å². The molecule has 4 amide bonds. The molecule has 0 atom stereocenters. The van der Waals surface area contributed by atoms with Crippen molar-refractivity contribution in [2.24, 2.45) is 0 Å². The maximum Gasteiger partial charge on any atom is 0.317 e. The number of anilines is 1. The van der Waals surface area contributed by atoms with Crippen LogP contribution >= 0.6 is 0 Å². The van der Waals surface area contributed by atoms with Gasteiger partial charge in [-0.1, -0.05) is 36.4 Å². The number of hydrogen-bond donors (Lipinski definition) is 2. The largest absolute Gasteiger partial charge is 0.496 e. The average Bonchev–Trinajstić information content (AvgIpc) is 3.15. The fourth-order valence-corrected chi connectivity index (χ4v) is 5.28. The van der Waals surface area contributed by atoms with Crippen molar-refractivity contribution in [3.05, 3.63) is 60.2 Å². The van der Waals surface area contributed by atoms with E-state index in [4.69, 9.17) is 4.74 Å². The number of carbonyl (C=O) groups is 3. The molecule has 2 saturated heterocycles. The van der Waals surface area contributed by atoms with E-state index in [0.29, 0.717) is 45.6 Å². The number of methoxy groups -OCH3 is 1. The summed E-state index contributed by atoms with van der Waals surface area (Å²) < 4.78 is 5.39. The lowest BCUT2D eigenvalue weighted by Gasteiger charge is -2.43. The van der Waals surface area contributed by atoms with E-state index >= 15 is 0 Å². The van der Waals surface area contributed by atoms with Crippen LogP contribution in [0.5, 0.6) is 5.75 Å². The highest BCUT2D eigenvalue weighted by molar-refractivity contribution is 5.96. The molecule has 9 heteroatoms. The highest BCUT2D eigenvalue weighted by atomic mass is 16.5. The molecule has 0 aromatic heterocycles. The first-order chi connectivity index (χ1) is 18.1. The number of rotatable bonds is 7. The number of ether oxygens (including phenoxy) is 1. The lowest BCUT2D eigenvalue weighted by atomic mass is 9.85. The van der Waals surface area contributed by atoms with Gasteiger partial charge in [0.05, 0.1) is 13.8 Å². The van der Waals surface area contributed by atoms with Crippen LogP contribution < -0.4 is 20.3 Å². The maximum atomic E-state index is 13.9. The van der Waals surface area contributed by atoms with Crippen molar-refractivity contribution in [1.82, 2.24) is 20.4 Å². The van der Waals surface area contributed by atoms with Gasteiger partial charge in [0.2, 0.25) is 5.91 Å². The monoisotopic (exact) mass is 521 g/mol. The van der Waals surface area contributed by atoms with E-state index in [1.54, 1.807) is 16.9 Å². The Morgan fingerprint density at radius 1 is 1.00 bits per heavy atom. The predicted molar refractivity (Wildman–Crippen MR) is 147 cm³/mol. The Morgan fingerprint density at radius 2 is 1.66 bits per heavy atom. The standard InChI is InChI=1S/C29H39N5O4/c1-28(2,3)31-27(37)32-18-15-29(16-19-32)26(36)33(21-34(29)23-11-6-5-7-12-23)20-25(35)30-17-14-22-10-8-9-13-24(22)38-4/h5-13H,14-21H2,1-4H3,(H,30,35)(H,31,37). The number of likely N-dealkylation sites (tertiary alicyclic amines) is 1. The zero-order chi connectivity index (χ0) is 27.3. The third kappa shape index (κ3) is 6.03. The molecule has 4 rings (SSSR count). The molecular formula is C29H39N5O4. The molecule has 1 spiro atoms. The maximum absolute atomic E-state index is 13.9. The molecule has 2 heterocycles. The van der Waals surface area contributed by atoms with Crippen LogP contribution in [0.4, 0.5) is 10.5 Å². The molecule has 2 aliphatic rings. The van der Waals surface area contributed by atoms with Crippen molar-refractivity contribution in [3.8, 4) is 5.75 Å². The Bertz CT molecular complexity index is 1140. The molecule has 0 unspecified atom stereocenters. The van der Waals surface area contributed by atoms with E-state index in [0.717, 1.165) is 17.0 Å². The molecule has 0 aliphatic carbocycles. The number of nitrogens with zero attached hydrogens (tertiary/aromatic N) is 3. The minimum absolute atomic E-state index is 0.00986. The van der Waals surface area contributed by atoms with Crippen LogP contribution in [0.2, 0.25) is 0 Å². The van der Waals surface area contributed by atoms with E-state index in [2.05, 4.69) is 15.5 Å². The Hall–Kier alpha value is -3.75. The first-order valence-corrected chi connectivity index (χ1v) is 13.2. The van der Waals surface area contributed by atoms with Crippen molar-refractivity contribution >= 4 is 23.5 Å². The van der Waals surface area contributed by atoms with Crippen LogP contribution in [0.3, 0.4) is 0 Å². The topological polar surface area (TPSA) is 94.2 Å². The first-order valence-electron chi connectivity index (χ1n) is 13.2. The van der Waals surface area contributed by atoms with Gasteiger partial charge in [0.25, 0.3) is 5.91 Å². The molecule has 204 valence electrons. The lowest BCUT2D eigenvalue weighted by Crippen LogP contribution is -2.59. The Kier molecular flexibility index (Phi) is 8.14. The first kappa shape index (κ1) is 27.3. The summed E-state index contributed by atoms with van der Waals surface area (Å²) in [7, 11) is 1.63. The van der Waals surface area contributed by atoms with Gasteiger partial charge in [0.1, 0.15) is 17.8 Å². The van der Waals surface area contributed by atoms with Crippen LogP contribution in [0.1, 0.15) is 39.2 Å². The second kappa shape index (κ2) is 11.3. The second-order valence-electron chi connectivity index (χ2n) is 11.0. The zero-order valence-electron chi connectivity index (χ0n) is 22.8. The predicted octanol–water partition coefficient (Wildman–Crippen LogP) is 3.00. The van der Waals surface area contributed by atoms with E-state index in [1.807, 2.05) is 75.4 Å². The molecule has 2 aromatic rings. The SMILES string of the molecule is COc1ccccc1CCNC(=O)CN1CN(c2ccccc2)C2(CCN(C(=O)NC(C)(C)C)CC2)C1=O. The van der Waals surface area contributed by atoms with Gasteiger partial charge in [-0.3, -0.25) is 9.59 Å². The number of hydrogen-bond acceptors (Lipinski definition) is 5. The number of benzene rings is 2. The van der Waals surface area contributed by atoms with Gasteiger partial charge in [-0.25, -0.2) is 4.79 Å². The summed E-state index contributed by atoms with van der Waals surface area (Å²) in [5.41, 5.74) is 0.843. The quantitative estimate of drug-likeness (QED) is 0.584. The summed E-state index contributed by atoms with van der Waals surface area (Å²) in [6, 6.07) is 17.4. The summed E-state index contributed by atoms with van der Waals surface area (Å²) >= 11 is 0. The highest BCUT2D eigenvalue weighted by Gasteiger charge is 2.54. The third-order valence-corrected chi connectivity index (χ3v) is 7.19. The molecule has 2 aliphatic heterocycles. The fraction of sp³-hybridized carbons (Fsp3) is 0.483. The number of piperidine rings is 1. The van der Waals surface area contributed by atoms with Crippen LogP contribution in [-0.4, -0.2) is 78.7 Å². The van der Waals surface area contributed by atoms with E-state index in [-0.39, 0.29) is 29.9 Å². The van der Waals surface area contributed by atoms with Crippen molar-refractivity contribution in [1.29, 1.82) is 0 Å². The van der Waals surface area contributed by atoms with Gasteiger partial charge < -0.3 is 30.1 Å². The molecule has 2 N–H and O–H groups in total. The van der Waals surface area contributed by atoms with Crippen molar-refractivity contribution < 1.29 is 19.1 Å². The lowest BCUT2D eigenvalue weighted by molar-refractivity contribution is -0.137. The Labute approximate surface area is 225 Å². The fourth-order valence-electron chi connectivity index (χ4n) is 5.28. The Balaban J connectivity index is 1.42.